The number of pyridine rings is 1. The maximum absolute atomic E-state index is 11.6. The fourth-order valence-corrected chi connectivity index (χ4v) is 2.08. The van der Waals surface area contributed by atoms with Crippen LogP contribution in [0.25, 0.3) is 0 Å². The number of amides is 1. The molecule has 1 aliphatic rings. The lowest BCUT2D eigenvalue weighted by molar-refractivity contribution is -0.139. The number of carbonyl (C=O) groups is 1. The van der Waals surface area contributed by atoms with Gasteiger partial charge >= 0.3 is 0 Å². The number of nitriles is 1. The summed E-state index contributed by atoms with van der Waals surface area (Å²) in [5.74, 6) is 0.515. The van der Waals surface area contributed by atoms with Gasteiger partial charge in [0.25, 0.3) is 5.91 Å². The van der Waals surface area contributed by atoms with Crippen molar-refractivity contribution in [1.82, 2.24) is 9.88 Å². The molecule has 1 aromatic rings. The second kappa shape index (κ2) is 5.67. The van der Waals surface area contributed by atoms with Gasteiger partial charge in [0.05, 0.1) is 0 Å². The highest BCUT2D eigenvalue weighted by molar-refractivity contribution is 5.80. The Morgan fingerprint density at radius 3 is 2.68 bits per heavy atom. The van der Waals surface area contributed by atoms with Crippen molar-refractivity contribution in [2.75, 3.05) is 31.1 Å². The first-order valence-corrected chi connectivity index (χ1v) is 6.21. The van der Waals surface area contributed by atoms with Gasteiger partial charge < -0.3 is 14.9 Å². The van der Waals surface area contributed by atoms with E-state index in [2.05, 4.69) is 4.98 Å². The van der Waals surface area contributed by atoms with Gasteiger partial charge in [-0.2, -0.15) is 5.26 Å². The molecule has 1 atom stereocenters. The van der Waals surface area contributed by atoms with E-state index in [1.54, 1.807) is 17.0 Å². The normalized spacial score (nSPS) is 16.9. The summed E-state index contributed by atoms with van der Waals surface area (Å²) in [6.45, 7) is 3.90. The molecule has 0 bridgehead atoms. The van der Waals surface area contributed by atoms with Crippen LogP contribution in [0.2, 0.25) is 0 Å². The number of carbonyl (C=O) groups excluding carboxylic acids is 1. The molecule has 1 aromatic heterocycles. The molecule has 100 valence electrons. The number of piperazine rings is 1. The lowest BCUT2D eigenvalue weighted by atomic mass is 10.2. The molecule has 0 aliphatic carbocycles. The molecule has 6 heteroatoms. The molecular formula is C13H16N4O2. The molecule has 0 spiro atoms. The summed E-state index contributed by atoms with van der Waals surface area (Å²) in [5, 5.41) is 18.1. The fraction of sp³-hybridized carbons (Fsp3) is 0.462. The highest BCUT2D eigenvalue weighted by Gasteiger charge is 2.24. The van der Waals surface area contributed by atoms with E-state index < -0.39 is 6.10 Å². The molecule has 1 saturated heterocycles. The number of nitrogens with zero attached hydrogens (tertiary/aromatic N) is 4. The van der Waals surface area contributed by atoms with Crippen molar-refractivity contribution >= 4 is 11.7 Å². The fourth-order valence-electron chi connectivity index (χ4n) is 2.08. The van der Waals surface area contributed by atoms with Gasteiger partial charge in [0.2, 0.25) is 0 Å². The molecule has 6 nitrogen and oxygen atoms in total. The van der Waals surface area contributed by atoms with Gasteiger partial charge in [0.1, 0.15) is 23.7 Å². The van der Waals surface area contributed by atoms with Crippen molar-refractivity contribution in [2.24, 2.45) is 0 Å². The second-order valence-corrected chi connectivity index (χ2v) is 4.48. The van der Waals surface area contributed by atoms with E-state index in [1.165, 1.54) is 6.92 Å². The molecule has 0 saturated carbocycles. The maximum Gasteiger partial charge on any atom is 0.251 e. The number of aromatic nitrogens is 1. The first-order valence-electron chi connectivity index (χ1n) is 6.21. The van der Waals surface area contributed by atoms with Crippen LogP contribution in [0.3, 0.4) is 0 Å². The standard InChI is InChI=1S/C13H16N4O2/c1-10(18)13(19)17-7-5-16(6-8-17)12-4-2-3-11(9-14)15-12/h2-4,10,18H,5-8H2,1H3/t10-/m1/s1. The van der Waals surface area contributed by atoms with Crippen LogP contribution in [0, 0.1) is 11.3 Å². The molecule has 2 heterocycles. The predicted octanol–water partition coefficient (Wildman–Crippen LogP) is -0.0173. The van der Waals surface area contributed by atoms with E-state index in [0.29, 0.717) is 31.9 Å². The van der Waals surface area contributed by atoms with Gasteiger partial charge in [0.15, 0.2) is 0 Å². The minimum absolute atomic E-state index is 0.238. The Morgan fingerprint density at radius 2 is 2.11 bits per heavy atom. The van der Waals surface area contributed by atoms with Crippen LogP contribution in [-0.4, -0.2) is 53.2 Å². The Morgan fingerprint density at radius 1 is 1.42 bits per heavy atom. The van der Waals surface area contributed by atoms with Crippen molar-refractivity contribution < 1.29 is 9.90 Å². The third-order valence-corrected chi connectivity index (χ3v) is 3.12. The topological polar surface area (TPSA) is 80.5 Å². The first kappa shape index (κ1) is 13.3. The van der Waals surface area contributed by atoms with Crippen LogP contribution in [0.4, 0.5) is 5.82 Å². The molecule has 1 amide bonds. The zero-order valence-corrected chi connectivity index (χ0v) is 10.8. The Labute approximate surface area is 111 Å². The third kappa shape index (κ3) is 3.01. The number of hydrogen-bond acceptors (Lipinski definition) is 5. The van der Waals surface area contributed by atoms with Crippen molar-refractivity contribution in [3.63, 3.8) is 0 Å². The summed E-state index contributed by atoms with van der Waals surface area (Å²) in [7, 11) is 0. The maximum atomic E-state index is 11.6. The van der Waals surface area contributed by atoms with Gasteiger partial charge in [-0.3, -0.25) is 4.79 Å². The van der Waals surface area contributed by atoms with E-state index in [-0.39, 0.29) is 5.91 Å². The molecule has 1 fully saturated rings. The number of hydrogen-bond donors (Lipinski definition) is 1. The summed E-state index contributed by atoms with van der Waals surface area (Å²) in [5.41, 5.74) is 0.389. The molecule has 2 rings (SSSR count). The summed E-state index contributed by atoms with van der Waals surface area (Å²) in [6, 6.07) is 7.33. The van der Waals surface area contributed by atoms with Crippen molar-refractivity contribution in [3.05, 3.63) is 23.9 Å². The van der Waals surface area contributed by atoms with E-state index in [1.807, 2.05) is 17.0 Å². The van der Waals surface area contributed by atoms with Gasteiger partial charge in [-0.15, -0.1) is 0 Å². The van der Waals surface area contributed by atoms with Crippen LogP contribution in [0.5, 0.6) is 0 Å². The van der Waals surface area contributed by atoms with Gasteiger partial charge in [-0.1, -0.05) is 6.07 Å². The first-order chi connectivity index (χ1) is 9.11. The van der Waals surface area contributed by atoms with Crippen LogP contribution >= 0.6 is 0 Å². The zero-order valence-electron chi connectivity index (χ0n) is 10.8. The van der Waals surface area contributed by atoms with Crippen molar-refractivity contribution in [1.29, 1.82) is 5.26 Å². The number of rotatable bonds is 2. The average Bonchev–Trinajstić information content (AvgIpc) is 2.46. The van der Waals surface area contributed by atoms with Crippen LogP contribution < -0.4 is 4.90 Å². The predicted molar refractivity (Wildman–Crippen MR) is 69.4 cm³/mol. The monoisotopic (exact) mass is 260 g/mol. The molecule has 1 N–H and O–H groups in total. The van der Waals surface area contributed by atoms with E-state index in [0.717, 1.165) is 5.82 Å². The Balaban J connectivity index is 2.00. The van der Waals surface area contributed by atoms with E-state index in [9.17, 15) is 9.90 Å². The number of aliphatic hydroxyl groups excluding tert-OH is 1. The lowest BCUT2D eigenvalue weighted by Gasteiger charge is -2.35. The zero-order chi connectivity index (χ0) is 13.8. The van der Waals surface area contributed by atoms with Gasteiger partial charge in [-0.25, -0.2) is 4.98 Å². The molecule has 1 aliphatic heterocycles. The number of anilines is 1. The third-order valence-electron chi connectivity index (χ3n) is 3.12. The summed E-state index contributed by atoms with van der Waals surface area (Å²) < 4.78 is 0. The quantitative estimate of drug-likeness (QED) is 0.808. The lowest BCUT2D eigenvalue weighted by Crippen LogP contribution is -2.51. The molecular weight excluding hydrogens is 244 g/mol. The smallest absolute Gasteiger partial charge is 0.251 e. The van der Waals surface area contributed by atoms with E-state index in [4.69, 9.17) is 5.26 Å². The SMILES string of the molecule is C[C@@H](O)C(=O)N1CCN(c2cccc(C#N)n2)CC1. The van der Waals surface area contributed by atoms with Gasteiger partial charge in [-0.05, 0) is 19.1 Å². The van der Waals surface area contributed by atoms with Crippen LogP contribution in [-0.2, 0) is 4.79 Å². The summed E-state index contributed by atoms with van der Waals surface area (Å²) in [4.78, 5) is 19.6. The minimum Gasteiger partial charge on any atom is -0.384 e. The molecule has 0 radical (unpaired) electrons. The highest BCUT2D eigenvalue weighted by atomic mass is 16.3. The van der Waals surface area contributed by atoms with Crippen molar-refractivity contribution in [3.8, 4) is 6.07 Å². The summed E-state index contributed by atoms with van der Waals surface area (Å²) in [6.07, 6.45) is -0.952. The molecule has 0 unspecified atom stereocenters. The average molecular weight is 260 g/mol. The van der Waals surface area contributed by atoms with Crippen molar-refractivity contribution in [2.45, 2.75) is 13.0 Å². The second-order valence-electron chi connectivity index (χ2n) is 4.48. The van der Waals surface area contributed by atoms with E-state index >= 15 is 0 Å². The Hall–Kier alpha value is -2.13. The largest absolute Gasteiger partial charge is 0.384 e. The number of aliphatic hydroxyl groups is 1. The highest BCUT2D eigenvalue weighted by Crippen LogP contribution is 2.14. The van der Waals surface area contributed by atoms with Crippen LogP contribution in [0.1, 0.15) is 12.6 Å². The van der Waals surface area contributed by atoms with Gasteiger partial charge in [0, 0.05) is 26.2 Å². The minimum atomic E-state index is -0.952. The van der Waals surface area contributed by atoms with Crippen LogP contribution in [0.15, 0.2) is 18.2 Å². The molecule has 19 heavy (non-hydrogen) atoms. The summed E-state index contributed by atoms with van der Waals surface area (Å²) >= 11 is 0. The molecule has 0 aromatic carbocycles. The Kier molecular flexibility index (Phi) is 3.97. The Bertz CT molecular complexity index is 502.